The number of nitrogens with one attached hydrogen (secondary N) is 1. The highest BCUT2D eigenvalue weighted by molar-refractivity contribution is 5.94. The van der Waals surface area contributed by atoms with Crippen molar-refractivity contribution in [2.75, 3.05) is 6.61 Å². The van der Waals surface area contributed by atoms with Crippen molar-refractivity contribution in [3.63, 3.8) is 0 Å². The summed E-state index contributed by atoms with van der Waals surface area (Å²) in [5.74, 6) is -0.489. The number of halogens is 3. The van der Waals surface area contributed by atoms with Crippen LogP contribution in [0.3, 0.4) is 0 Å². The number of carbonyl (C=O) groups excluding carboxylic acids is 1. The first-order valence-electron chi connectivity index (χ1n) is 8.43. The number of benzene rings is 1. The molecule has 1 N–H and O–H groups in total. The molecule has 3 rings (SSSR count). The van der Waals surface area contributed by atoms with Gasteiger partial charge in [-0.1, -0.05) is 13.8 Å². The Morgan fingerprint density at radius 1 is 1.42 bits per heavy atom. The van der Waals surface area contributed by atoms with Gasteiger partial charge in [-0.05, 0) is 24.1 Å². The molecule has 0 bridgehead atoms. The summed E-state index contributed by atoms with van der Waals surface area (Å²) in [6.45, 7) is 4.62. The quantitative estimate of drug-likeness (QED) is 0.873. The van der Waals surface area contributed by atoms with E-state index in [4.69, 9.17) is 4.74 Å². The molecule has 0 saturated carbocycles. The van der Waals surface area contributed by atoms with Crippen molar-refractivity contribution < 1.29 is 22.7 Å². The number of hydrogen-bond acceptors (Lipinski definition) is 3. The van der Waals surface area contributed by atoms with Gasteiger partial charge in [0.15, 0.2) is 5.69 Å². The Morgan fingerprint density at radius 3 is 2.88 bits per heavy atom. The third-order valence-electron chi connectivity index (χ3n) is 4.11. The molecule has 1 atom stereocenters. The van der Waals surface area contributed by atoms with E-state index in [1.54, 1.807) is 0 Å². The van der Waals surface area contributed by atoms with Crippen molar-refractivity contribution in [3.8, 4) is 5.75 Å². The number of aromatic nitrogens is 2. The maximum Gasteiger partial charge on any atom is 0.272 e. The van der Waals surface area contributed by atoms with Crippen LogP contribution in [-0.2, 0) is 6.54 Å². The Labute approximate surface area is 149 Å². The average molecular weight is 367 g/mol. The molecule has 0 spiro atoms. The maximum atomic E-state index is 13.5. The Morgan fingerprint density at radius 2 is 2.19 bits per heavy atom. The number of alkyl halides is 2. The molecule has 0 fully saturated rings. The number of fused-ring (bicyclic) bond motifs is 1. The largest absolute Gasteiger partial charge is 0.493 e. The molecule has 2 heterocycles. The molecule has 5 nitrogen and oxygen atoms in total. The zero-order chi connectivity index (χ0) is 18.8. The SMILES string of the molecule is CC(C)Cn1cc(C(F)F)c(C(=O)N[C@H]2CCOc3ccc(F)cc32)n1. The maximum absolute atomic E-state index is 13.5. The summed E-state index contributed by atoms with van der Waals surface area (Å²) in [5.41, 5.74) is -0.218. The lowest BCUT2D eigenvalue weighted by molar-refractivity contribution is 0.0905. The van der Waals surface area contributed by atoms with E-state index in [0.717, 1.165) is 0 Å². The minimum atomic E-state index is -2.81. The van der Waals surface area contributed by atoms with E-state index in [9.17, 15) is 18.0 Å². The first-order valence-corrected chi connectivity index (χ1v) is 8.43. The highest BCUT2D eigenvalue weighted by Crippen LogP contribution is 2.33. The Kier molecular flexibility index (Phi) is 5.20. The number of hydrogen-bond donors (Lipinski definition) is 1. The van der Waals surface area contributed by atoms with Gasteiger partial charge in [0.25, 0.3) is 12.3 Å². The van der Waals surface area contributed by atoms with Crippen LogP contribution in [0.5, 0.6) is 5.75 Å². The van der Waals surface area contributed by atoms with E-state index >= 15 is 0 Å². The summed E-state index contributed by atoms with van der Waals surface area (Å²) in [4.78, 5) is 12.6. The molecule has 1 aromatic carbocycles. The highest BCUT2D eigenvalue weighted by atomic mass is 19.3. The van der Waals surface area contributed by atoms with Crippen LogP contribution < -0.4 is 10.1 Å². The van der Waals surface area contributed by atoms with Crippen LogP contribution in [0.4, 0.5) is 13.2 Å². The predicted octanol–water partition coefficient (Wildman–Crippen LogP) is 3.87. The Balaban J connectivity index is 1.85. The predicted molar refractivity (Wildman–Crippen MR) is 88.7 cm³/mol. The van der Waals surface area contributed by atoms with Gasteiger partial charge in [-0.25, -0.2) is 13.2 Å². The molecular formula is C18H20F3N3O2. The first-order chi connectivity index (χ1) is 12.3. The van der Waals surface area contributed by atoms with Gasteiger partial charge in [-0.2, -0.15) is 5.10 Å². The second-order valence-electron chi connectivity index (χ2n) is 6.69. The molecule has 140 valence electrons. The molecular weight excluding hydrogens is 347 g/mol. The lowest BCUT2D eigenvalue weighted by Crippen LogP contribution is -2.33. The molecule has 1 aliphatic rings. The van der Waals surface area contributed by atoms with Crippen molar-refractivity contribution in [1.29, 1.82) is 0 Å². The second kappa shape index (κ2) is 7.39. The van der Waals surface area contributed by atoms with Crippen LogP contribution >= 0.6 is 0 Å². The molecule has 26 heavy (non-hydrogen) atoms. The third kappa shape index (κ3) is 3.84. The number of amides is 1. The molecule has 1 aromatic heterocycles. The summed E-state index contributed by atoms with van der Waals surface area (Å²) >= 11 is 0. The summed E-state index contributed by atoms with van der Waals surface area (Å²) in [6.07, 6.45) is -1.19. The van der Waals surface area contributed by atoms with Gasteiger partial charge in [0.2, 0.25) is 0 Å². The van der Waals surface area contributed by atoms with Crippen molar-refractivity contribution in [2.45, 2.75) is 39.3 Å². The normalized spacial score (nSPS) is 16.5. The van der Waals surface area contributed by atoms with Crippen molar-refractivity contribution in [1.82, 2.24) is 15.1 Å². The first kappa shape index (κ1) is 18.3. The van der Waals surface area contributed by atoms with Crippen LogP contribution in [0.2, 0.25) is 0 Å². The summed E-state index contributed by atoms with van der Waals surface area (Å²) in [7, 11) is 0. The molecule has 0 aliphatic carbocycles. The molecule has 0 saturated heterocycles. The van der Waals surface area contributed by atoms with E-state index in [0.29, 0.717) is 30.9 Å². The Hall–Kier alpha value is -2.51. The summed E-state index contributed by atoms with van der Waals surface area (Å²) in [6, 6.07) is 3.52. The lowest BCUT2D eigenvalue weighted by atomic mass is 10.00. The zero-order valence-electron chi connectivity index (χ0n) is 14.5. The highest BCUT2D eigenvalue weighted by Gasteiger charge is 2.28. The van der Waals surface area contributed by atoms with Gasteiger partial charge in [-0.3, -0.25) is 9.48 Å². The fraction of sp³-hybridized carbons (Fsp3) is 0.444. The van der Waals surface area contributed by atoms with Crippen LogP contribution in [0.1, 0.15) is 54.4 Å². The van der Waals surface area contributed by atoms with Crippen molar-refractivity contribution >= 4 is 5.91 Å². The van der Waals surface area contributed by atoms with E-state index in [2.05, 4.69) is 10.4 Å². The van der Waals surface area contributed by atoms with Gasteiger partial charge < -0.3 is 10.1 Å². The van der Waals surface area contributed by atoms with Gasteiger partial charge in [0.1, 0.15) is 11.6 Å². The van der Waals surface area contributed by atoms with Gasteiger partial charge in [0.05, 0.1) is 18.2 Å². The van der Waals surface area contributed by atoms with E-state index in [1.165, 1.54) is 29.1 Å². The molecule has 2 aromatic rings. The second-order valence-corrected chi connectivity index (χ2v) is 6.69. The summed E-state index contributed by atoms with van der Waals surface area (Å²) in [5, 5.41) is 6.72. The van der Waals surface area contributed by atoms with Crippen molar-refractivity contribution in [2.24, 2.45) is 5.92 Å². The van der Waals surface area contributed by atoms with Crippen LogP contribution in [0.25, 0.3) is 0 Å². The molecule has 1 aliphatic heterocycles. The number of ether oxygens (including phenoxy) is 1. The minimum Gasteiger partial charge on any atom is -0.493 e. The summed E-state index contributed by atoms with van der Waals surface area (Å²) < 4.78 is 47.0. The number of carbonyl (C=O) groups is 1. The third-order valence-corrected chi connectivity index (χ3v) is 4.11. The van der Waals surface area contributed by atoms with Gasteiger partial charge in [0, 0.05) is 24.7 Å². The monoisotopic (exact) mass is 367 g/mol. The van der Waals surface area contributed by atoms with Gasteiger partial charge >= 0.3 is 0 Å². The van der Waals surface area contributed by atoms with E-state index < -0.39 is 29.8 Å². The van der Waals surface area contributed by atoms with Crippen LogP contribution in [-0.4, -0.2) is 22.3 Å². The van der Waals surface area contributed by atoms with Crippen LogP contribution in [0, 0.1) is 11.7 Å². The minimum absolute atomic E-state index is 0.196. The average Bonchev–Trinajstić information content (AvgIpc) is 2.99. The molecule has 0 radical (unpaired) electrons. The number of nitrogens with zero attached hydrogens (tertiary/aromatic N) is 2. The van der Waals surface area contributed by atoms with E-state index in [-0.39, 0.29) is 11.6 Å². The zero-order valence-corrected chi connectivity index (χ0v) is 14.5. The lowest BCUT2D eigenvalue weighted by Gasteiger charge is -2.26. The fourth-order valence-electron chi connectivity index (χ4n) is 2.98. The molecule has 0 unspecified atom stereocenters. The van der Waals surface area contributed by atoms with Crippen molar-refractivity contribution in [3.05, 3.63) is 47.0 Å². The topological polar surface area (TPSA) is 56.2 Å². The number of rotatable bonds is 5. The smallest absolute Gasteiger partial charge is 0.272 e. The Bertz CT molecular complexity index is 805. The van der Waals surface area contributed by atoms with Crippen LogP contribution in [0.15, 0.2) is 24.4 Å². The van der Waals surface area contributed by atoms with E-state index in [1.807, 2.05) is 13.8 Å². The fourth-order valence-corrected chi connectivity index (χ4v) is 2.98. The molecule has 8 heteroatoms. The van der Waals surface area contributed by atoms with Gasteiger partial charge in [-0.15, -0.1) is 0 Å². The standard InChI is InChI=1S/C18H20F3N3O2/c1-10(2)8-24-9-13(17(20)21)16(23-24)18(25)22-14-5-6-26-15-4-3-11(19)7-12(14)15/h3-4,7,9-10,14,17H,5-6,8H2,1-2H3,(H,22,25)/t14-/m0/s1. The molecule has 1 amide bonds.